The predicted molar refractivity (Wildman–Crippen MR) is 245 cm³/mol. The highest BCUT2D eigenvalue weighted by atomic mass is 15.0. The first-order chi connectivity index (χ1) is 28.5. The Bertz CT molecular complexity index is 2560. The van der Waals surface area contributed by atoms with Crippen molar-refractivity contribution >= 4 is 22.1 Å². The highest BCUT2D eigenvalue weighted by molar-refractivity contribution is 5.93. The third-order valence-electron chi connectivity index (χ3n) is 12.3. The summed E-state index contributed by atoms with van der Waals surface area (Å²) in [5.74, 6) is 0.0682. The zero-order chi connectivity index (χ0) is 39.6. The Kier molecular flexibility index (Phi) is 10.4. The van der Waals surface area contributed by atoms with Crippen LogP contribution in [-0.4, -0.2) is 0 Å². The van der Waals surface area contributed by atoms with Gasteiger partial charge in [0.05, 0.1) is 12.1 Å². The molecule has 2 unspecified atom stereocenters. The molecule has 8 aromatic rings. The third-order valence-corrected chi connectivity index (χ3v) is 12.3. The molecule has 0 amide bonds. The van der Waals surface area contributed by atoms with E-state index >= 15 is 0 Å². The number of aryl methyl sites for hydroxylation is 4. The van der Waals surface area contributed by atoms with E-state index in [1.54, 1.807) is 0 Å². The Labute approximate surface area is 344 Å². The minimum atomic E-state index is -0.0219. The van der Waals surface area contributed by atoms with Gasteiger partial charge in [0, 0.05) is 23.2 Å². The fraction of sp³-hybridized carbons (Fsp3) is 0.179. The Balaban J connectivity index is 1.27. The molecule has 0 saturated carbocycles. The Morgan fingerprint density at radius 3 is 1.31 bits per heavy atom. The fourth-order valence-electron chi connectivity index (χ4n) is 9.74. The minimum Gasteiger partial charge on any atom is -0.375 e. The van der Waals surface area contributed by atoms with Gasteiger partial charge in [-0.3, -0.25) is 0 Å². The lowest BCUT2D eigenvalue weighted by atomic mass is 9.78. The Morgan fingerprint density at radius 1 is 0.431 bits per heavy atom. The van der Waals surface area contributed by atoms with Crippen LogP contribution in [0.25, 0.3) is 10.8 Å². The maximum absolute atomic E-state index is 4.34. The van der Waals surface area contributed by atoms with Crippen molar-refractivity contribution in [3.8, 4) is 0 Å². The largest absolute Gasteiger partial charge is 0.375 e. The van der Waals surface area contributed by atoms with Crippen molar-refractivity contribution in [2.45, 2.75) is 64.5 Å². The van der Waals surface area contributed by atoms with Crippen LogP contribution in [0.4, 0.5) is 11.4 Å². The number of rotatable bonds is 12. The smallest absolute Gasteiger partial charge is 0.0763 e. The van der Waals surface area contributed by atoms with Crippen LogP contribution in [0.2, 0.25) is 0 Å². The van der Waals surface area contributed by atoms with E-state index in [1.165, 1.54) is 88.9 Å². The molecular weight excluding hydrogens is 701 g/mol. The maximum Gasteiger partial charge on any atom is 0.0763 e. The lowest BCUT2D eigenvalue weighted by molar-refractivity contribution is 0.677. The maximum atomic E-state index is 4.34. The molecule has 0 aromatic heterocycles. The zero-order valence-corrected chi connectivity index (χ0v) is 34.0. The molecule has 58 heavy (non-hydrogen) atoms. The molecule has 2 N–H and O–H groups in total. The predicted octanol–water partition coefficient (Wildman–Crippen LogP) is 14.3. The van der Waals surface area contributed by atoms with E-state index in [9.17, 15) is 0 Å². The topological polar surface area (TPSA) is 24.1 Å². The molecule has 0 radical (unpaired) electrons. The average molecular weight is 753 g/mol. The van der Waals surface area contributed by atoms with Gasteiger partial charge in [-0.2, -0.15) is 0 Å². The fourth-order valence-corrected chi connectivity index (χ4v) is 9.74. The van der Waals surface area contributed by atoms with Crippen LogP contribution in [0.1, 0.15) is 105 Å². The van der Waals surface area contributed by atoms with Crippen LogP contribution in [0.3, 0.4) is 0 Å². The van der Waals surface area contributed by atoms with E-state index in [4.69, 9.17) is 0 Å². The molecule has 0 spiro atoms. The summed E-state index contributed by atoms with van der Waals surface area (Å²) >= 11 is 0. The molecule has 1 aliphatic carbocycles. The SMILES string of the molecule is CCc1cc(C)cc(CC)c1NC1c2cccc3cccc(c23)C1Nc1c(C)cc(C(c2ccccc2)c2ccccc2)cc1C(c1ccccc1)c1ccccc1. The van der Waals surface area contributed by atoms with E-state index in [-0.39, 0.29) is 23.9 Å². The molecule has 0 bridgehead atoms. The van der Waals surface area contributed by atoms with E-state index in [0.29, 0.717) is 0 Å². The standard InChI is InChI=1S/C56H52N2/c1-5-39-33-37(3)34-40(6-2)54(39)58-56-48-32-20-30-45-29-19-31-47(52(45)48)55(56)57-53-38(4)35-46(50(41-21-11-7-12-22-41)42-23-13-8-14-24-42)36-49(53)51(43-25-15-9-16-26-43)44-27-17-10-18-28-44/h7-36,50-51,55-58H,5-6H2,1-4H3. The van der Waals surface area contributed by atoms with E-state index in [2.05, 4.69) is 220 Å². The first-order valence-electron chi connectivity index (χ1n) is 21.0. The molecule has 2 atom stereocenters. The van der Waals surface area contributed by atoms with Crippen LogP contribution in [0.15, 0.2) is 182 Å². The molecular formula is C56H52N2. The van der Waals surface area contributed by atoms with Gasteiger partial charge in [0.15, 0.2) is 0 Å². The summed E-state index contributed by atoms with van der Waals surface area (Å²) in [4.78, 5) is 0. The number of hydrogen-bond acceptors (Lipinski definition) is 2. The Morgan fingerprint density at radius 2 is 0.862 bits per heavy atom. The summed E-state index contributed by atoms with van der Waals surface area (Å²) in [6.45, 7) is 9.09. The van der Waals surface area contributed by atoms with E-state index in [0.717, 1.165) is 12.8 Å². The zero-order valence-electron chi connectivity index (χ0n) is 34.0. The summed E-state index contributed by atoms with van der Waals surface area (Å²) in [7, 11) is 0. The van der Waals surface area contributed by atoms with Crippen LogP contribution >= 0.6 is 0 Å². The van der Waals surface area contributed by atoms with E-state index < -0.39 is 0 Å². The van der Waals surface area contributed by atoms with Crippen molar-refractivity contribution in [2.75, 3.05) is 10.6 Å². The second-order valence-electron chi connectivity index (χ2n) is 16.0. The average Bonchev–Trinajstić information content (AvgIpc) is 3.56. The van der Waals surface area contributed by atoms with Gasteiger partial charge < -0.3 is 10.6 Å². The van der Waals surface area contributed by atoms with Crippen molar-refractivity contribution in [2.24, 2.45) is 0 Å². The quantitative estimate of drug-likeness (QED) is 0.121. The van der Waals surface area contributed by atoms with Crippen molar-refractivity contribution < 1.29 is 0 Å². The lowest BCUT2D eigenvalue weighted by Crippen LogP contribution is -2.24. The molecule has 0 heterocycles. The molecule has 0 fully saturated rings. The Hall–Kier alpha value is -6.38. The van der Waals surface area contributed by atoms with Gasteiger partial charge in [-0.1, -0.05) is 201 Å². The van der Waals surface area contributed by atoms with Crippen LogP contribution < -0.4 is 10.6 Å². The van der Waals surface area contributed by atoms with Gasteiger partial charge in [-0.25, -0.2) is 0 Å². The summed E-state index contributed by atoms with van der Waals surface area (Å²) in [6.07, 6.45) is 1.95. The molecule has 0 saturated heterocycles. The number of benzene rings is 8. The highest BCUT2D eigenvalue weighted by Crippen LogP contribution is 2.50. The molecule has 0 aliphatic heterocycles. The minimum absolute atomic E-state index is 0.00258. The number of nitrogens with one attached hydrogen (secondary N) is 2. The van der Waals surface area contributed by atoms with E-state index in [1.807, 2.05) is 0 Å². The summed E-state index contributed by atoms with van der Waals surface area (Å²) in [5.41, 5.74) is 18.2. The first-order valence-corrected chi connectivity index (χ1v) is 21.0. The first kappa shape index (κ1) is 37.2. The molecule has 9 rings (SSSR count). The van der Waals surface area contributed by atoms with Gasteiger partial charge in [-0.05, 0) is 98.7 Å². The monoisotopic (exact) mass is 752 g/mol. The van der Waals surface area contributed by atoms with Crippen LogP contribution in [-0.2, 0) is 12.8 Å². The van der Waals surface area contributed by atoms with Crippen LogP contribution in [0.5, 0.6) is 0 Å². The molecule has 8 aromatic carbocycles. The molecule has 1 aliphatic rings. The highest BCUT2D eigenvalue weighted by Gasteiger charge is 2.37. The van der Waals surface area contributed by atoms with Gasteiger partial charge in [0.25, 0.3) is 0 Å². The second kappa shape index (κ2) is 16.2. The van der Waals surface area contributed by atoms with Crippen molar-refractivity contribution in [1.82, 2.24) is 0 Å². The van der Waals surface area contributed by atoms with Crippen molar-refractivity contribution in [1.29, 1.82) is 0 Å². The van der Waals surface area contributed by atoms with Crippen molar-refractivity contribution in [3.63, 3.8) is 0 Å². The van der Waals surface area contributed by atoms with Gasteiger partial charge in [-0.15, -0.1) is 0 Å². The summed E-state index contributed by atoms with van der Waals surface area (Å²) in [5, 5.41) is 11.2. The molecule has 2 heteroatoms. The van der Waals surface area contributed by atoms with Gasteiger partial charge in [0.2, 0.25) is 0 Å². The summed E-state index contributed by atoms with van der Waals surface area (Å²) < 4.78 is 0. The van der Waals surface area contributed by atoms with Gasteiger partial charge in [0.1, 0.15) is 0 Å². The normalized spacial score (nSPS) is 14.7. The summed E-state index contributed by atoms with van der Waals surface area (Å²) in [6, 6.07) is 67.5. The lowest BCUT2D eigenvalue weighted by Gasteiger charge is -2.32. The van der Waals surface area contributed by atoms with Crippen LogP contribution in [0, 0.1) is 13.8 Å². The second-order valence-corrected chi connectivity index (χ2v) is 16.0. The number of hydrogen-bond donors (Lipinski definition) is 2. The molecule has 286 valence electrons. The third kappa shape index (κ3) is 6.98. The molecule has 2 nitrogen and oxygen atoms in total. The number of anilines is 2. The van der Waals surface area contributed by atoms with Crippen molar-refractivity contribution in [3.05, 3.63) is 249 Å². The van der Waals surface area contributed by atoms with Gasteiger partial charge >= 0.3 is 0 Å².